The third kappa shape index (κ3) is 5.49. The van der Waals surface area contributed by atoms with Gasteiger partial charge in [0, 0.05) is 62.3 Å². The summed E-state index contributed by atoms with van der Waals surface area (Å²) in [4.78, 5) is 18.9. The molecule has 7 nitrogen and oxygen atoms in total. The van der Waals surface area contributed by atoms with Gasteiger partial charge in [-0.25, -0.2) is 15.0 Å². The Morgan fingerprint density at radius 3 is 2.45 bits per heavy atom. The number of likely N-dealkylation sites (tertiary alicyclic amines) is 1. The van der Waals surface area contributed by atoms with Crippen molar-refractivity contribution in [2.24, 2.45) is 0 Å². The zero-order valence-electron chi connectivity index (χ0n) is 19.3. The van der Waals surface area contributed by atoms with Crippen molar-refractivity contribution in [1.82, 2.24) is 19.9 Å². The van der Waals surface area contributed by atoms with Crippen molar-refractivity contribution in [2.45, 2.75) is 32.4 Å². The molecule has 2 aliphatic heterocycles. The fraction of sp³-hybridized carbons (Fsp3) is 0.423. The highest BCUT2D eigenvalue weighted by Gasteiger charge is 2.20. The lowest BCUT2D eigenvalue weighted by Gasteiger charge is -2.33. The lowest BCUT2D eigenvalue weighted by Crippen LogP contribution is -2.38. The van der Waals surface area contributed by atoms with Crippen LogP contribution in [0.5, 0.6) is 0 Å². The molecule has 2 aliphatic rings. The van der Waals surface area contributed by atoms with E-state index in [1.807, 2.05) is 12.4 Å². The van der Waals surface area contributed by atoms with Gasteiger partial charge in [-0.05, 0) is 37.5 Å². The van der Waals surface area contributed by atoms with E-state index in [0.29, 0.717) is 11.9 Å². The quantitative estimate of drug-likeness (QED) is 0.621. The van der Waals surface area contributed by atoms with Gasteiger partial charge >= 0.3 is 0 Å². The number of pyridine rings is 1. The monoisotopic (exact) mass is 444 g/mol. The molecule has 0 atom stereocenters. The number of nitrogens with one attached hydrogen (secondary N) is 1. The second-order valence-corrected chi connectivity index (χ2v) is 8.91. The van der Waals surface area contributed by atoms with Crippen LogP contribution in [0.1, 0.15) is 24.0 Å². The van der Waals surface area contributed by atoms with Gasteiger partial charge < -0.3 is 15.0 Å². The normalized spacial score (nSPS) is 17.8. The fourth-order valence-electron chi connectivity index (χ4n) is 4.50. The second-order valence-electron chi connectivity index (χ2n) is 8.91. The summed E-state index contributed by atoms with van der Waals surface area (Å²) in [5, 5.41) is 3.69. The highest BCUT2D eigenvalue weighted by Crippen LogP contribution is 2.23. The number of hydrogen-bond acceptors (Lipinski definition) is 7. The summed E-state index contributed by atoms with van der Waals surface area (Å²) in [5.41, 5.74) is 3.39. The molecular weight excluding hydrogens is 412 g/mol. The van der Waals surface area contributed by atoms with Crippen LogP contribution in [-0.2, 0) is 11.3 Å². The molecule has 5 rings (SSSR count). The summed E-state index contributed by atoms with van der Waals surface area (Å²) in [5.74, 6) is 2.62. The Bertz CT molecular complexity index is 1030. The van der Waals surface area contributed by atoms with Gasteiger partial charge in [-0.2, -0.15) is 0 Å². The van der Waals surface area contributed by atoms with Gasteiger partial charge in [0.05, 0.1) is 13.2 Å². The molecule has 0 spiro atoms. The molecule has 33 heavy (non-hydrogen) atoms. The molecule has 0 amide bonds. The Hall–Kier alpha value is -3.03. The zero-order chi connectivity index (χ0) is 22.5. The van der Waals surface area contributed by atoms with Crippen LogP contribution in [-0.4, -0.2) is 65.3 Å². The fourth-order valence-corrected chi connectivity index (χ4v) is 4.50. The Labute approximate surface area is 195 Å². The van der Waals surface area contributed by atoms with Crippen LogP contribution in [0.4, 0.5) is 11.6 Å². The molecule has 172 valence electrons. The van der Waals surface area contributed by atoms with E-state index >= 15 is 0 Å². The molecule has 2 saturated heterocycles. The number of ether oxygens (including phenoxy) is 1. The smallest absolute Gasteiger partial charge is 0.163 e. The summed E-state index contributed by atoms with van der Waals surface area (Å²) in [6, 6.07) is 15.3. The van der Waals surface area contributed by atoms with Gasteiger partial charge in [-0.3, -0.25) is 4.90 Å². The van der Waals surface area contributed by atoms with E-state index in [0.717, 1.165) is 81.5 Å². The van der Waals surface area contributed by atoms with Crippen LogP contribution in [0.2, 0.25) is 0 Å². The van der Waals surface area contributed by atoms with Crippen LogP contribution in [0, 0.1) is 6.92 Å². The molecule has 2 aromatic heterocycles. The Morgan fingerprint density at radius 1 is 0.939 bits per heavy atom. The van der Waals surface area contributed by atoms with E-state index in [-0.39, 0.29) is 0 Å². The van der Waals surface area contributed by atoms with Gasteiger partial charge in [-0.1, -0.05) is 30.3 Å². The van der Waals surface area contributed by atoms with Crippen LogP contribution in [0.25, 0.3) is 11.4 Å². The summed E-state index contributed by atoms with van der Waals surface area (Å²) in [6.45, 7) is 8.55. The highest BCUT2D eigenvalue weighted by molar-refractivity contribution is 5.59. The van der Waals surface area contributed by atoms with E-state index in [1.54, 1.807) is 0 Å². The highest BCUT2D eigenvalue weighted by atomic mass is 16.5. The molecule has 2 fully saturated rings. The summed E-state index contributed by atoms with van der Waals surface area (Å²) in [6.07, 6.45) is 6.01. The molecule has 0 unspecified atom stereocenters. The minimum atomic E-state index is 0.431. The van der Waals surface area contributed by atoms with Gasteiger partial charge in [0.25, 0.3) is 0 Å². The predicted octanol–water partition coefficient (Wildman–Crippen LogP) is 3.76. The standard InChI is InChI=1S/C26H32N6O/c1-20-17-28-26(22-7-8-24(27-18-22)32-13-15-33-16-14-32)30-25(20)29-23-9-11-31(12-10-23)19-21-5-3-2-4-6-21/h2-8,17-18,23H,9-16,19H2,1H3,(H,28,29,30). The van der Waals surface area contributed by atoms with Crippen molar-refractivity contribution in [3.8, 4) is 11.4 Å². The first-order valence-corrected chi connectivity index (χ1v) is 11.9. The van der Waals surface area contributed by atoms with Gasteiger partial charge in [-0.15, -0.1) is 0 Å². The molecule has 0 aliphatic carbocycles. The average molecular weight is 445 g/mol. The van der Waals surface area contributed by atoms with Crippen molar-refractivity contribution in [3.63, 3.8) is 0 Å². The second kappa shape index (κ2) is 10.3. The van der Waals surface area contributed by atoms with Crippen molar-refractivity contribution < 1.29 is 4.74 Å². The SMILES string of the molecule is Cc1cnc(-c2ccc(N3CCOCC3)nc2)nc1NC1CCN(Cc2ccccc2)CC1. The molecule has 3 aromatic rings. The molecule has 0 saturated carbocycles. The summed E-state index contributed by atoms with van der Waals surface area (Å²) < 4.78 is 5.43. The maximum atomic E-state index is 5.43. The lowest BCUT2D eigenvalue weighted by molar-refractivity contribution is 0.122. The van der Waals surface area contributed by atoms with Gasteiger partial charge in [0.1, 0.15) is 11.6 Å². The molecule has 7 heteroatoms. The van der Waals surface area contributed by atoms with Crippen molar-refractivity contribution in [2.75, 3.05) is 49.6 Å². The van der Waals surface area contributed by atoms with Crippen LogP contribution in [0.15, 0.2) is 54.9 Å². The van der Waals surface area contributed by atoms with E-state index in [4.69, 9.17) is 9.72 Å². The van der Waals surface area contributed by atoms with Crippen LogP contribution >= 0.6 is 0 Å². The minimum absolute atomic E-state index is 0.431. The molecule has 0 radical (unpaired) electrons. The number of piperidine rings is 1. The van der Waals surface area contributed by atoms with E-state index in [2.05, 4.69) is 74.5 Å². The molecule has 1 N–H and O–H groups in total. The number of rotatable bonds is 6. The first kappa shape index (κ1) is 21.8. The first-order valence-electron chi connectivity index (χ1n) is 11.9. The van der Waals surface area contributed by atoms with Crippen LogP contribution < -0.4 is 10.2 Å². The number of hydrogen-bond donors (Lipinski definition) is 1. The molecule has 4 heterocycles. The largest absolute Gasteiger partial charge is 0.378 e. The predicted molar refractivity (Wildman–Crippen MR) is 131 cm³/mol. The lowest BCUT2D eigenvalue weighted by atomic mass is 10.0. The number of morpholine rings is 1. The molecular formula is C26H32N6O. The maximum absolute atomic E-state index is 5.43. The van der Waals surface area contributed by atoms with E-state index in [9.17, 15) is 0 Å². The number of aryl methyl sites for hydroxylation is 1. The van der Waals surface area contributed by atoms with Crippen molar-refractivity contribution in [1.29, 1.82) is 0 Å². The third-order valence-electron chi connectivity index (χ3n) is 6.49. The maximum Gasteiger partial charge on any atom is 0.163 e. The molecule has 0 bridgehead atoms. The molecule has 1 aromatic carbocycles. The Morgan fingerprint density at radius 2 is 1.73 bits per heavy atom. The topological polar surface area (TPSA) is 66.4 Å². The third-order valence-corrected chi connectivity index (χ3v) is 6.49. The minimum Gasteiger partial charge on any atom is -0.378 e. The van der Waals surface area contributed by atoms with Gasteiger partial charge in [0.15, 0.2) is 5.82 Å². The number of nitrogens with zero attached hydrogens (tertiary/aromatic N) is 5. The number of benzene rings is 1. The number of anilines is 2. The Kier molecular flexibility index (Phi) is 6.79. The first-order chi connectivity index (χ1) is 16.2. The van der Waals surface area contributed by atoms with Crippen molar-refractivity contribution in [3.05, 3.63) is 66.0 Å². The van der Waals surface area contributed by atoms with E-state index < -0.39 is 0 Å². The van der Waals surface area contributed by atoms with Crippen molar-refractivity contribution >= 4 is 11.6 Å². The zero-order valence-corrected chi connectivity index (χ0v) is 19.3. The summed E-state index contributed by atoms with van der Waals surface area (Å²) >= 11 is 0. The van der Waals surface area contributed by atoms with E-state index in [1.165, 1.54) is 5.56 Å². The number of aromatic nitrogens is 3. The van der Waals surface area contributed by atoms with Gasteiger partial charge in [0.2, 0.25) is 0 Å². The summed E-state index contributed by atoms with van der Waals surface area (Å²) in [7, 11) is 0. The Balaban J connectivity index is 1.20. The van der Waals surface area contributed by atoms with Crippen LogP contribution in [0.3, 0.4) is 0 Å². The average Bonchev–Trinajstić information content (AvgIpc) is 2.88.